The Morgan fingerprint density at radius 3 is 2.45 bits per heavy atom. The highest BCUT2D eigenvalue weighted by Gasteiger charge is 2.19. The molecule has 0 unspecified atom stereocenters. The van der Waals surface area contributed by atoms with Crippen molar-refractivity contribution in [3.63, 3.8) is 0 Å². The van der Waals surface area contributed by atoms with Gasteiger partial charge in [-0.05, 0) is 31.5 Å². The molecule has 0 aliphatic heterocycles. The fourth-order valence-corrected chi connectivity index (χ4v) is 2.52. The Bertz CT molecular complexity index is 836. The lowest BCUT2D eigenvalue weighted by Gasteiger charge is -2.05. The summed E-state index contributed by atoms with van der Waals surface area (Å²) in [7, 11) is 0. The van der Waals surface area contributed by atoms with E-state index in [1.54, 1.807) is 10.9 Å². The van der Waals surface area contributed by atoms with E-state index in [0.717, 1.165) is 22.4 Å². The zero-order valence-corrected chi connectivity index (χ0v) is 12.4. The number of nitrogens with zero attached hydrogens (tertiary/aromatic N) is 2. The van der Waals surface area contributed by atoms with E-state index in [-0.39, 0.29) is 5.56 Å². The summed E-state index contributed by atoms with van der Waals surface area (Å²) in [6, 6.07) is 15.4. The molecule has 1 aromatic heterocycles. The number of aryl methyl sites for hydroxylation is 2. The maximum absolute atomic E-state index is 11.6. The Morgan fingerprint density at radius 1 is 1.09 bits per heavy atom. The molecule has 0 spiro atoms. The van der Waals surface area contributed by atoms with Crippen LogP contribution in [0.2, 0.25) is 0 Å². The summed E-state index contributed by atoms with van der Waals surface area (Å²) in [6.07, 6.45) is 1.56. The predicted molar refractivity (Wildman–Crippen MR) is 85.4 cm³/mol. The van der Waals surface area contributed by atoms with Crippen molar-refractivity contribution in [3.05, 3.63) is 71.4 Å². The first-order chi connectivity index (χ1) is 10.6. The lowest BCUT2D eigenvalue weighted by atomic mass is 10.0. The maximum Gasteiger partial charge on any atom is 0.339 e. The minimum absolute atomic E-state index is 0.204. The quantitative estimate of drug-likeness (QED) is 0.797. The number of hydrogen-bond donors (Lipinski definition) is 1. The number of para-hydroxylation sites is 1. The van der Waals surface area contributed by atoms with E-state index in [2.05, 4.69) is 5.10 Å². The molecule has 0 aliphatic carbocycles. The Kier molecular flexibility index (Phi) is 3.51. The van der Waals surface area contributed by atoms with Crippen LogP contribution >= 0.6 is 0 Å². The van der Waals surface area contributed by atoms with Gasteiger partial charge in [0.15, 0.2) is 0 Å². The van der Waals surface area contributed by atoms with Gasteiger partial charge in [0, 0.05) is 11.8 Å². The number of aromatic nitrogens is 2. The summed E-state index contributed by atoms with van der Waals surface area (Å²) >= 11 is 0. The summed E-state index contributed by atoms with van der Waals surface area (Å²) in [6.45, 7) is 3.98. The van der Waals surface area contributed by atoms with Crippen LogP contribution in [-0.2, 0) is 0 Å². The molecule has 4 heteroatoms. The van der Waals surface area contributed by atoms with Crippen molar-refractivity contribution in [1.82, 2.24) is 9.78 Å². The fourth-order valence-electron chi connectivity index (χ4n) is 2.52. The minimum Gasteiger partial charge on any atom is -0.478 e. The van der Waals surface area contributed by atoms with Gasteiger partial charge in [0.25, 0.3) is 0 Å². The van der Waals surface area contributed by atoms with Crippen molar-refractivity contribution in [2.75, 3.05) is 0 Å². The lowest BCUT2D eigenvalue weighted by Crippen LogP contribution is -1.97. The van der Waals surface area contributed by atoms with E-state index < -0.39 is 5.97 Å². The number of benzene rings is 2. The molecule has 0 saturated heterocycles. The first-order valence-corrected chi connectivity index (χ1v) is 7.02. The van der Waals surface area contributed by atoms with Crippen molar-refractivity contribution in [2.24, 2.45) is 0 Å². The molecule has 0 saturated carbocycles. The molecule has 1 heterocycles. The molecule has 0 aliphatic rings. The molecule has 0 fully saturated rings. The van der Waals surface area contributed by atoms with Gasteiger partial charge in [-0.15, -0.1) is 0 Å². The van der Waals surface area contributed by atoms with Crippen LogP contribution in [0.25, 0.3) is 16.9 Å². The van der Waals surface area contributed by atoms with Crippen LogP contribution < -0.4 is 0 Å². The Labute approximate surface area is 128 Å². The van der Waals surface area contributed by atoms with E-state index in [1.807, 2.05) is 62.4 Å². The molecule has 1 N–H and O–H groups in total. The van der Waals surface area contributed by atoms with E-state index in [1.165, 1.54) is 0 Å². The second-order valence-electron chi connectivity index (χ2n) is 5.30. The highest BCUT2D eigenvalue weighted by Crippen LogP contribution is 2.27. The van der Waals surface area contributed by atoms with Crippen molar-refractivity contribution in [3.8, 4) is 16.9 Å². The normalized spacial score (nSPS) is 10.6. The van der Waals surface area contributed by atoms with Gasteiger partial charge in [-0.25, -0.2) is 9.48 Å². The molecule has 0 atom stereocenters. The zero-order chi connectivity index (χ0) is 15.7. The molecule has 2 aromatic carbocycles. The molecule has 3 aromatic rings. The minimum atomic E-state index is -0.975. The number of carboxylic acids is 1. The van der Waals surface area contributed by atoms with Gasteiger partial charge in [0.2, 0.25) is 0 Å². The monoisotopic (exact) mass is 292 g/mol. The Hall–Kier alpha value is -2.88. The van der Waals surface area contributed by atoms with Crippen LogP contribution in [0.5, 0.6) is 0 Å². The smallest absolute Gasteiger partial charge is 0.339 e. The van der Waals surface area contributed by atoms with Crippen LogP contribution in [0, 0.1) is 13.8 Å². The van der Waals surface area contributed by atoms with Gasteiger partial charge >= 0.3 is 5.97 Å². The van der Waals surface area contributed by atoms with E-state index in [0.29, 0.717) is 5.69 Å². The standard InChI is InChI=1S/C18H16N2O2/c1-12-8-9-15(13(2)10-12)17-16(18(21)22)11-20(19-17)14-6-4-3-5-7-14/h3-11H,1-2H3,(H,21,22). The van der Waals surface area contributed by atoms with E-state index in [4.69, 9.17) is 0 Å². The molecule has 110 valence electrons. The second-order valence-corrected chi connectivity index (χ2v) is 5.30. The van der Waals surface area contributed by atoms with Gasteiger partial charge < -0.3 is 5.11 Å². The third kappa shape index (κ3) is 2.51. The molecule has 4 nitrogen and oxygen atoms in total. The van der Waals surface area contributed by atoms with Gasteiger partial charge in [-0.2, -0.15) is 5.10 Å². The van der Waals surface area contributed by atoms with Gasteiger partial charge in [0.05, 0.1) is 5.69 Å². The molecular weight excluding hydrogens is 276 g/mol. The summed E-state index contributed by atoms with van der Waals surface area (Å²) in [4.78, 5) is 11.6. The summed E-state index contributed by atoms with van der Waals surface area (Å²) in [5.74, 6) is -0.975. The number of carbonyl (C=O) groups is 1. The molecule has 0 bridgehead atoms. The summed E-state index contributed by atoms with van der Waals surface area (Å²) in [5.41, 5.74) is 4.53. The largest absolute Gasteiger partial charge is 0.478 e. The first-order valence-electron chi connectivity index (χ1n) is 7.02. The van der Waals surface area contributed by atoms with Crippen molar-refractivity contribution < 1.29 is 9.90 Å². The van der Waals surface area contributed by atoms with Crippen LogP contribution in [0.1, 0.15) is 21.5 Å². The van der Waals surface area contributed by atoms with Crippen LogP contribution in [0.3, 0.4) is 0 Å². The highest BCUT2D eigenvalue weighted by molar-refractivity contribution is 5.95. The zero-order valence-electron chi connectivity index (χ0n) is 12.4. The molecular formula is C18H16N2O2. The number of hydrogen-bond acceptors (Lipinski definition) is 2. The number of carboxylic acid groups (broad SMARTS) is 1. The van der Waals surface area contributed by atoms with Crippen LogP contribution in [-0.4, -0.2) is 20.9 Å². The third-order valence-electron chi connectivity index (χ3n) is 3.60. The fraction of sp³-hybridized carbons (Fsp3) is 0.111. The lowest BCUT2D eigenvalue weighted by molar-refractivity contribution is 0.0697. The van der Waals surface area contributed by atoms with Crippen molar-refractivity contribution in [2.45, 2.75) is 13.8 Å². The van der Waals surface area contributed by atoms with E-state index >= 15 is 0 Å². The average Bonchev–Trinajstić information content (AvgIpc) is 2.93. The second kappa shape index (κ2) is 5.48. The SMILES string of the molecule is Cc1ccc(-c2nn(-c3ccccc3)cc2C(=O)O)c(C)c1. The van der Waals surface area contributed by atoms with Gasteiger partial charge in [-0.3, -0.25) is 0 Å². The number of aromatic carboxylic acids is 1. The Morgan fingerprint density at radius 2 is 1.82 bits per heavy atom. The number of rotatable bonds is 3. The predicted octanol–water partition coefficient (Wildman–Crippen LogP) is 3.85. The third-order valence-corrected chi connectivity index (χ3v) is 3.60. The topological polar surface area (TPSA) is 55.1 Å². The average molecular weight is 292 g/mol. The molecule has 22 heavy (non-hydrogen) atoms. The molecule has 3 rings (SSSR count). The van der Waals surface area contributed by atoms with Crippen molar-refractivity contribution >= 4 is 5.97 Å². The van der Waals surface area contributed by atoms with Gasteiger partial charge in [-0.1, -0.05) is 42.0 Å². The Balaban J connectivity index is 2.18. The van der Waals surface area contributed by atoms with Crippen LogP contribution in [0.15, 0.2) is 54.7 Å². The highest BCUT2D eigenvalue weighted by atomic mass is 16.4. The first kappa shape index (κ1) is 14.1. The molecule has 0 radical (unpaired) electrons. The van der Waals surface area contributed by atoms with Gasteiger partial charge in [0.1, 0.15) is 11.3 Å². The van der Waals surface area contributed by atoms with Crippen LogP contribution in [0.4, 0.5) is 0 Å². The van der Waals surface area contributed by atoms with Crippen molar-refractivity contribution in [1.29, 1.82) is 0 Å². The van der Waals surface area contributed by atoms with E-state index in [9.17, 15) is 9.90 Å². The molecule has 0 amide bonds. The maximum atomic E-state index is 11.6. The summed E-state index contributed by atoms with van der Waals surface area (Å²) < 4.78 is 1.61. The summed E-state index contributed by atoms with van der Waals surface area (Å²) in [5, 5.41) is 14.0.